The molecule has 0 fully saturated rings. The van der Waals surface area contributed by atoms with Crippen molar-refractivity contribution in [1.29, 1.82) is 0 Å². The molecule has 1 unspecified atom stereocenters. The molecule has 0 saturated carbocycles. The van der Waals surface area contributed by atoms with Crippen LogP contribution in [0.5, 0.6) is 5.75 Å². The molecule has 0 saturated heterocycles. The molecule has 1 N–H and O–H groups in total. The van der Waals surface area contributed by atoms with Crippen molar-refractivity contribution in [1.82, 2.24) is 15.3 Å². The highest BCUT2D eigenvalue weighted by molar-refractivity contribution is 5.93. The van der Waals surface area contributed by atoms with Gasteiger partial charge in [-0.15, -0.1) is 0 Å². The van der Waals surface area contributed by atoms with E-state index in [1.807, 2.05) is 94.4 Å². The van der Waals surface area contributed by atoms with Gasteiger partial charge in [-0.2, -0.15) is 0 Å². The summed E-state index contributed by atoms with van der Waals surface area (Å²) in [5.41, 5.74) is 7.91. The van der Waals surface area contributed by atoms with E-state index in [2.05, 4.69) is 17.2 Å². The monoisotopic (exact) mass is 465 g/mol. The number of carbonyl (C=O) groups is 1. The van der Waals surface area contributed by atoms with Crippen LogP contribution in [0.3, 0.4) is 0 Å². The number of nitrogens with one attached hydrogen (secondary N) is 1. The van der Waals surface area contributed by atoms with E-state index in [0.29, 0.717) is 12.1 Å². The Morgan fingerprint density at radius 1 is 0.829 bits per heavy atom. The summed E-state index contributed by atoms with van der Waals surface area (Å²) < 4.78 is 6.17. The molecule has 0 spiro atoms. The maximum atomic E-state index is 13.2. The molecule has 4 aromatic rings. The predicted molar refractivity (Wildman–Crippen MR) is 140 cm³/mol. The Balaban J connectivity index is 1.66. The highest BCUT2D eigenvalue weighted by Gasteiger charge is 2.20. The van der Waals surface area contributed by atoms with Gasteiger partial charge in [0.2, 0.25) is 0 Å². The lowest BCUT2D eigenvalue weighted by molar-refractivity contribution is 0.0814. The van der Waals surface area contributed by atoms with E-state index in [1.54, 1.807) is 0 Å². The molecule has 1 aromatic heterocycles. The van der Waals surface area contributed by atoms with Crippen molar-refractivity contribution in [3.05, 3.63) is 101 Å². The fraction of sp³-hybridized carbons (Fsp3) is 0.233. The van der Waals surface area contributed by atoms with Gasteiger partial charge >= 0.3 is 0 Å². The third kappa shape index (κ3) is 5.57. The number of rotatable bonds is 7. The molecule has 5 heteroatoms. The smallest absolute Gasteiger partial charge is 0.274 e. The lowest BCUT2D eigenvalue weighted by Crippen LogP contribution is -2.39. The fourth-order valence-electron chi connectivity index (χ4n) is 3.90. The van der Waals surface area contributed by atoms with Crippen LogP contribution < -0.4 is 10.1 Å². The number of ether oxygens (including phenoxy) is 1. The Morgan fingerprint density at radius 3 is 1.91 bits per heavy atom. The van der Waals surface area contributed by atoms with Gasteiger partial charge in [0.25, 0.3) is 5.91 Å². The Hall–Kier alpha value is -3.99. The summed E-state index contributed by atoms with van der Waals surface area (Å²) >= 11 is 0. The molecular weight excluding hydrogens is 434 g/mol. The molecule has 178 valence electrons. The molecule has 3 aromatic carbocycles. The molecular formula is C30H31N3O2. The van der Waals surface area contributed by atoms with E-state index < -0.39 is 6.23 Å². The molecule has 0 aliphatic rings. The van der Waals surface area contributed by atoms with Gasteiger partial charge in [-0.25, -0.2) is 4.98 Å². The van der Waals surface area contributed by atoms with Gasteiger partial charge in [0.15, 0.2) is 6.23 Å². The van der Waals surface area contributed by atoms with Gasteiger partial charge in [-0.05, 0) is 38.8 Å². The second-order valence-electron chi connectivity index (χ2n) is 8.89. The van der Waals surface area contributed by atoms with E-state index in [0.717, 1.165) is 39.3 Å². The first-order valence-electron chi connectivity index (χ1n) is 11.9. The third-order valence-corrected chi connectivity index (χ3v) is 5.99. The molecule has 1 amide bonds. The first kappa shape index (κ1) is 24.1. The van der Waals surface area contributed by atoms with Crippen LogP contribution in [0.2, 0.25) is 0 Å². The summed E-state index contributed by atoms with van der Waals surface area (Å²) in [5.74, 6) is 0.472. The number of hydrogen-bond acceptors (Lipinski definition) is 4. The van der Waals surface area contributed by atoms with E-state index in [-0.39, 0.29) is 11.6 Å². The zero-order valence-electron chi connectivity index (χ0n) is 20.9. The Morgan fingerprint density at radius 2 is 1.37 bits per heavy atom. The van der Waals surface area contributed by atoms with E-state index in [9.17, 15) is 4.79 Å². The SMILES string of the molecule is CCC(NC(=O)c1cnc(-c2ccc(C)cc2)c(-c2ccc(C)cc2)n1)Oc1c(C)cccc1C. The molecule has 1 heterocycles. The number of aromatic nitrogens is 2. The van der Waals surface area contributed by atoms with Crippen molar-refractivity contribution in [3.63, 3.8) is 0 Å². The zero-order valence-corrected chi connectivity index (χ0v) is 20.9. The molecule has 35 heavy (non-hydrogen) atoms. The number of carbonyl (C=O) groups excluding carboxylic acids is 1. The minimum absolute atomic E-state index is 0.250. The first-order chi connectivity index (χ1) is 16.9. The second-order valence-corrected chi connectivity index (χ2v) is 8.89. The normalized spacial score (nSPS) is 11.7. The van der Waals surface area contributed by atoms with E-state index in [1.165, 1.54) is 11.8 Å². The van der Waals surface area contributed by atoms with Gasteiger partial charge in [0, 0.05) is 17.5 Å². The minimum atomic E-state index is -0.483. The molecule has 1 atom stereocenters. The van der Waals surface area contributed by atoms with Crippen LogP contribution in [0, 0.1) is 27.7 Å². The zero-order chi connectivity index (χ0) is 24.9. The van der Waals surface area contributed by atoms with Gasteiger partial charge < -0.3 is 10.1 Å². The average molecular weight is 466 g/mol. The third-order valence-electron chi connectivity index (χ3n) is 5.99. The Kier molecular flexibility index (Phi) is 7.25. The highest BCUT2D eigenvalue weighted by atomic mass is 16.5. The summed E-state index contributed by atoms with van der Waals surface area (Å²) in [5, 5.41) is 2.98. The first-order valence-corrected chi connectivity index (χ1v) is 11.9. The molecule has 5 nitrogen and oxygen atoms in total. The molecule has 0 radical (unpaired) electrons. The van der Waals surface area contributed by atoms with Crippen molar-refractivity contribution >= 4 is 5.91 Å². The minimum Gasteiger partial charge on any atom is -0.470 e. The Bertz CT molecular complexity index is 1310. The van der Waals surface area contributed by atoms with Crippen molar-refractivity contribution in [2.75, 3.05) is 0 Å². The van der Waals surface area contributed by atoms with Crippen molar-refractivity contribution in [3.8, 4) is 28.3 Å². The molecule has 0 bridgehead atoms. The van der Waals surface area contributed by atoms with Crippen LogP contribution in [-0.2, 0) is 0 Å². The lowest BCUT2D eigenvalue weighted by Gasteiger charge is -2.21. The van der Waals surface area contributed by atoms with Crippen molar-refractivity contribution in [2.45, 2.75) is 47.3 Å². The standard InChI is InChI=1S/C30H31N3O2/c1-6-26(35-29-21(4)8-7-9-22(29)5)33-30(34)25-18-31-27(23-14-10-19(2)11-15-23)28(32-25)24-16-12-20(3)13-17-24/h7-18,26H,6H2,1-5H3,(H,33,34). The van der Waals surface area contributed by atoms with Gasteiger partial charge in [0.05, 0.1) is 17.6 Å². The van der Waals surface area contributed by atoms with Crippen LogP contribution in [-0.4, -0.2) is 22.1 Å². The topological polar surface area (TPSA) is 64.1 Å². The summed E-state index contributed by atoms with van der Waals surface area (Å²) in [6.45, 7) is 10.1. The van der Waals surface area contributed by atoms with Gasteiger partial charge in [-0.3, -0.25) is 9.78 Å². The maximum absolute atomic E-state index is 13.2. The van der Waals surface area contributed by atoms with E-state index in [4.69, 9.17) is 9.72 Å². The quantitative estimate of drug-likeness (QED) is 0.313. The lowest BCUT2D eigenvalue weighted by atomic mass is 10.0. The number of para-hydroxylation sites is 1. The maximum Gasteiger partial charge on any atom is 0.274 e. The summed E-state index contributed by atoms with van der Waals surface area (Å²) in [7, 11) is 0. The number of hydrogen-bond donors (Lipinski definition) is 1. The van der Waals surface area contributed by atoms with Crippen molar-refractivity contribution in [2.24, 2.45) is 0 Å². The van der Waals surface area contributed by atoms with Crippen LogP contribution >= 0.6 is 0 Å². The molecule has 0 aliphatic carbocycles. The second kappa shape index (κ2) is 10.5. The average Bonchev–Trinajstić information content (AvgIpc) is 2.86. The molecule has 0 aliphatic heterocycles. The van der Waals surface area contributed by atoms with Crippen LogP contribution in [0.25, 0.3) is 22.5 Å². The Labute approximate surface area is 207 Å². The van der Waals surface area contributed by atoms with Crippen molar-refractivity contribution < 1.29 is 9.53 Å². The van der Waals surface area contributed by atoms with E-state index >= 15 is 0 Å². The molecule has 4 rings (SSSR count). The van der Waals surface area contributed by atoms with Crippen LogP contribution in [0.4, 0.5) is 0 Å². The van der Waals surface area contributed by atoms with Gasteiger partial charge in [-0.1, -0.05) is 84.8 Å². The summed E-state index contributed by atoms with van der Waals surface area (Å²) in [6, 6.07) is 22.2. The summed E-state index contributed by atoms with van der Waals surface area (Å²) in [4.78, 5) is 22.7. The summed E-state index contributed by atoms with van der Waals surface area (Å²) in [6.07, 6.45) is 1.66. The fourth-order valence-corrected chi connectivity index (χ4v) is 3.90. The predicted octanol–water partition coefficient (Wildman–Crippen LogP) is 6.59. The number of aryl methyl sites for hydroxylation is 4. The van der Waals surface area contributed by atoms with Crippen LogP contribution in [0.1, 0.15) is 46.1 Å². The van der Waals surface area contributed by atoms with Gasteiger partial charge in [0.1, 0.15) is 11.4 Å². The number of amides is 1. The van der Waals surface area contributed by atoms with Crippen LogP contribution in [0.15, 0.2) is 72.9 Å². The number of benzene rings is 3. The number of nitrogens with zero attached hydrogens (tertiary/aromatic N) is 2. The largest absolute Gasteiger partial charge is 0.470 e. The highest BCUT2D eigenvalue weighted by Crippen LogP contribution is 2.29.